The van der Waals surface area contributed by atoms with Crippen molar-refractivity contribution in [3.05, 3.63) is 46.4 Å². The number of benzene rings is 1. The van der Waals surface area contributed by atoms with Crippen molar-refractivity contribution in [2.45, 2.75) is 63.9 Å². The van der Waals surface area contributed by atoms with Crippen molar-refractivity contribution in [1.82, 2.24) is 14.9 Å². The Bertz CT molecular complexity index is 975. The van der Waals surface area contributed by atoms with Gasteiger partial charge in [-0.25, -0.2) is 9.97 Å². The third kappa shape index (κ3) is 4.68. The van der Waals surface area contributed by atoms with Crippen LogP contribution >= 0.6 is 0 Å². The van der Waals surface area contributed by atoms with Crippen molar-refractivity contribution in [2.75, 3.05) is 31.2 Å². The van der Waals surface area contributed by atoms with Gasteiger partial charge in [-0.15, -0.1) is 0 Å². The van der Waals surface area contributed by atoms with E-state index in [1.54, 1.807) is 13.2 Å². The van der Waals surface area contributed by atoms with Crippen molar-refractivity contribution in [1.29, 1.82) is 0 Å². The van der Waals surface area contributed by atoms with Gasteiger partial charge in [-0.2, -0.15) is 13.2 Å². The average molecular weight is 450 g/mol. The summed E-state index contributed by atoms with van der Waals surface area (Å²) in [6.07, 6.45) is -0.754. The Kier molecular flexibility index (Phi) is 6.31. The van der Waals surface area contributed by atoms with Crippen molar-refractivity contribution >= 4 is 11.5 Å². The number of halogens is 3. The minimum absolute atomic E-state index is 0.0907. The summed E-state index contributed by atoms with van der Waals surface area (Å²) in [6, 6.07) is 3.68. The molecule has 0 radical (unpaired) electrons. The first-order chi connectivity index (χ1) is 15.2. The molecule has 32 heavy (non-hydrogen) atoms. The zero-order chi connectivity index (χ0) is 23.0. The lowest BCUT2D eigenvalue weighted by Crippen LogP contribution is -2.57. The first-order valence-electron chi connectivity index (χ1n) is 11.1. The van der Waals surface area contributed by atoms with Crippen LogP contribution in [-0.2, 0) is 30.2 Å². The Labute approximate surface area is 186 Å². The van der Waals surface area contributed by atoms with E-state index in [0.717, 1.165) is 61.6 Å². The van der Waals surface area contributed by atoms with Crippen LogP contribution in [0.5, 0.6) is 0 Å². The number of hydrogen-bond donors (Lipinski definition) is 2. The fourth-order valence-corrected chi connectivity index (χ4v) is 4.53. The van der Waals surface area contributed by atoms with E-state index < -0.39 is 17.8 Å². The monoisotopic (exact) mass is 449 g/mol. The Balaban J connectivity index is 1.59. The number of likely N-dealkylation sites (tertiary alicyclic amines) is 1. The highest BCUT2D eigenvalue weighted by Gasteiger charge is 2.36. The standard InChI is InChI=1S/C23H30F3N5O/c1-4-21-29-20-6-5-17(31-11-18(12-31)32-3)10-19(20)22(30-21)28-13(2)14-7-15(23(24,25)26)9-16(27)8-14/h7-9,13,17-18H,4-6,10-12,27H2,1-3H3,(H,28,29,30)/t13-,17-/m1/s1. The highest BCUT2D eigenvalue weighted by molar-refractivity contribution is 5.52. The quantitative estimate of drug-likeness (QED) is 0.650. The van der Waals surface area contributed by atoms with Gasteiger partial charge in [-0.3, -0.25) is 4.90 Å². The number of ether oxygens (including phenoxy) is 1. The molecule has 0 unspecified atom stereocenters. The van der Waals surface area contributed by atoms with E-state index in [2.05, 4.69) is 10.2 Å². The third-order valence-corrected chi connectivity index (χ3v) is 6.49. The lowest BCUT2D eigenvalue weighted by Gasteiger charge is -2.45. The normalized spacial score (nSPS) is 20.5. The van der Waals surface area contributed by atoms with Gasteiger partial charge < -0.3 is 15.8 Å². The van der Waals surface area contributed by atoms with E-state index in [4.69, 9.17) is 20.4 Å². The molecule has 1 fully saturated rings. The van der Waals surface area contributed by atoms with Crippen LogP contribution in [0.1, 0.15) is 54.5 Å². The van der Waals surface area contributed by atoms with Crippen LogP contribution in [-0.4, -0.2) is 47.2 Å². The summed E-state index contributed by atoms with van der Waals surface area (Å²) in [5, 5.41) is 3.37. The molecule has 1 saturated heterocycles. The molecule has 1 aromatic carbocycles. The topological polar surface area (TPSA) is 76.3 Å². The van der Waals surface area contributed by atoms with Crippen LogP contribution in [0.15, 0.2) is 18.2 Å². The van der Waals surface area contributed by atoms with E-state index in [9.17, 15) is 13.2 Å². The minimum Gasteiger partial charge on any atom is -0.399 e. The molecule has 174 valence electrons. The van der Waals surface area contributed by atoms with E-state index in [1.807, 2.05) is 13.8 Å². The summed E-state index contributed by atoms with van der Waals surface area (Å²) >= 11 is 0. The second-order valence-corrected chi connectivity index (χ2v) is 8.73. The molecule has 3 N–H and O–H groups in total. The second-order valence-electron chi connectivity index (χ2n) is 8.73. The number of alkyl halides is 3. The number of rotatable bonds is 6. The van der Waals surface area contributed by atoms with Gasteiger partial charge in [-0.1, -0.05) is 6.92 Å². The Morgan fingerprint density at radius 1 is 1.25 bits per heavy atom. The number of nitrogens with two attached hydrogens (primary N) is 1. The van der Waals surface area contributed by atoms with Gasteiger partial charge in [0.05, 0.1) is 17.7 Å². The van der Waals surface area contributed by atoms with Crippen LogP contribution < -0.4 is 11.1 Å². The number of fused-ring (bicyclic) bond motifs is 1. The number of aryl methyl sites for hydroxylation is 2. The largest absolute Gasteiger partial charge is 0.416 e. The Hall–Kier alpha value is -2.39. The average Bonchev–Trinajstić information content (AvgIpc) is 2.71. The van der Waals surface area contributed by atoms with Crippen LogP contribution in [0, 0.1) is 0 Å². The lowest BCUT2D eigenvalue weighted by atomic mass is 9.88. The molecule has 0 saturated carbocycles. The number of anilines is 2. The Morgan fingerprint density at radius 2 is 2.00 bits per heavy atom. The summed E-state index contributed by atoms with van der Waals surface area (Å²) in [7, 11) is 1.74. The summed E-state index contributed by atoms with van der Waals surface area (Å²) < 4.78 is 45.2. The molecule has 1 aliphatic carbocycles. The molecule has 2 aromatic rings. The van der Waals surface area contributed by atoms with E-state index in [1.165, 1.54) is 0 Å². The number of nitrogens with one attached hydrogen (secondary N) is 1. The first kappa shape index (κ1) is 22.8. The zero-order valence-corrected chi connectivity index (χ0v) is 18.7. The molecule has 2 heterocycles. The molecule has 4 rings (SSSR count). The maximum Gasteiger partial charge on any atom is 0.416 e. The van der Waals surface area contributed by atoms with Gasteiger partial charge in [0.2, 0.25) is 0 Å². The SMILES string of the molecule is CCc1nc2c(c(N[C@H](C)c3cc(N)cc(C(F)(F)F)c3)n1)C[C@H](N1CC(OC)C1)CC2. The molecular formula is C23H30F3N5O. The molecular weight excluding hydrogens is 419 g/mol. The molecule has 1 aliphatic heterocycles. The molecule has 9 heteroatoms. The molecule has 2 aliphatic rings. The van der Waals surface area contributed by atoms with Crippen LogP contribution in [0.2, 0.25) is 0 Å². The summed E-state index contributed by atoms with van der Waals surface area (Å²) in [4.78, 5) is 11.9. The van der Waals surface area contributed by atoms with Gasteiger partial charge in [0.15, 0.2) is 0 Å². The molecule has 2 atom stereocenters. The highest BCUT2D eigenvalue weighted by atomic mass is 19.4. The predicted octanol–water partition coefficient (Wildman–Crippen LogP) is 4.00. The summed E-state index contributed by atoms with van der Waals surface area (Å²) in [5.74, 6) is 1.45. The van der Waals surface area contributed by atoms with Crippen LogP contribution in [0.25, 0.3) is 0 Å². The molecule has 0 amide bonds. The fourth-order valence-electron chi connectivity index (χ4n) is 4.53. The van der Waals surface area contributed by atoms with Gasteiger partial charge in [-0.05, 0) is 49.9 Å². The fraction of sp³-hybridized carbons (Fsp3) is 0.565. The third-order valence-electron chi connectivity index (χ3n) is 6.49. The van der Waals surface area contributed by atoms with E-state index in [-0.39, 0.29) is 5.69 Å². The predicted molar refractivity (Wildman–Crippen MR) is 117 cm³/mol. The molecule has 0 bridgehead atoms. The van der Waals surface area contributed by atoms with E-state index in [0.29, 0.717) is 29.9 Å². The van der Waals surface area contributed by atoms with Crippen molar-refractivity contribution in [3.8, 4) is 0 Å². The molecule has 0 spiro atoms. The van der Waals surface area contributed by atoms with Crippen molar-refractivity contribution in [2.24, 2.45) is 0 Å². The number of nitrogen functional groups attached to an aromatic ring is 1. The second kappa shape index (κ2) is 8.86. The van der Waals surface area contributed by atoms with Crippen molar-refractivity contribution in [3.63, 3.8) is 0 Å². The van der Waals surface area contributed by atoms with Crippen LogP contribution in [0.3, 0.4) is 0 Å². The Morgan fingerprint density at radius 3 is 2.66 bits per heavy atom. The van der Waals surface area contributed by atoms with Gasteiger partial charge in [0.1, 0.15) is 11.6 Å². The maximum atomic E-state index is 13.3. The lowest BCUT2D eigenvalue weighted by molar-refractivity contribution is -0.137. The number of hydrogen-bond acceptors (Lipinski definition) is 6. The first-order valence-corrected chi connectivity index (χ1v) is 11.1. The zero-order valence-electron chi connectivity index (χ0n) is 18.7. The molecule has 1 aromatic heterocycles. The molecule has 6 nitrogen and oxygen atoms in total. The smallest absolute Gasteiger partial charge is 0.399 e. The number of methoxy groups -OCH3 is 1. The number of nitrogens with zero attached hydrogens (tertiary/aromatic N) is 3. The van der Waals surface area contributed by atoms with Crippen LogP contribution in [0.4, 0.5) is 24.7 Å². The minimum atomic E-state index is -4.45. The highest BCUT2D eigenvalue weighted by Crippen LogP contribution is 2.35. The van der Waals surface area contributed by atoms with E-state index >= 15 is 0 Å². The maximum absolute atomic E-state index is 13.3. The van der Waals surface area contributed by atoms with Crippen molar-refractivity contribution < 1.29 is 17.9 Å². The summed E-state index contributed by atoms with van der Waals surface area (Å²) in [5.41, 5.74) is 7.69. The number of aromatic nitrogens is 2. The van der Waals surface area contributed by atoms with Gasteiger partial charge in [0.25, 0.3) is 0 Å². The van der Waals surface area contributed by atoms with Gasteiger partial charge in [0, 0.05) is 49.6 Å². The van der Waals surface area contributed by atoms with Gasteiger partial charge >= 0.3 is 6.18 Å². The summed E-state index contributed by atoms with van der Waals surface area (Å²) in [6.45, 7) is 5.67.